The van der Waals surface area contributed by atoms with E-state index in [9.17, 15) is 10.5 Å². The second kappa shape index (κ2) is 17.4. The zero-order chi connectivity index (χ0) is 48.1. The lowest BCUT2D eigenvalue weighted by molar-refractivity contribution is 1.06. The second-order valence-corrected chi connectivity index (χ2v) is 17.8. The summed E-state index contributed by atoms with van der Waals surface area (Å²) < 4.78 is 4.65. The highest BCUT2D eigenvalue weighted by atomic mass is 15.1. The summed E-state index contributed by atoms with van der Waals surface area (Å²) in [6.45, 7) is 0. The molecule has 334 valence electrons. The number of hydrogen-bond acceptors (Lipinski definition) is 5. The van der Waals surface area contributed by atoms with E-state index in [0.717, 1.165) is 105 Å². The highest BCUT2D eigenvalue weighted by Crippen LogP contribution is 2.44. The molecular formula is C65H39N7. The first-order valence-electron chi connectivity index (χ1n) is 23.8. The van der Waals surface area contributed by atoms with Crippen LogP contribution >= 0.6 is 0 Å². The Morgan fingerprint density at radius 3 is 1.38 bits per heavy atom. The summed E-state index contributed by atoms with van der Waals surface area (Å²) >= 11 is 0. The highest BCUT2D eigenvalue weighted by molar-refractivity contribution is 6.16. The Kier molecular flexibility index (Phi) is 10.1. The molecule has 0 N–H and O–H groups in total. The van der Waals surface area contributed by atoms with Gasteiger partial charge in [-0.2, -0.15) is 10.5 Å². The largest absolute Gasteiger partial charge is 0.309 e. The van der Waals surface area contributed by atoms with Crippen LogP contribution in [0.3, 0.4) is 0 Å². The number of nitrogens with zero attached hydrogens (tertiary/aromatic N) is 7. The predicted octanol–water partition coefficient (Wildman–Crippen LogP) is 15.8. The van der Waals surface area contributed by atoms with Crippen LogP contribution in [0.1, 0.15) is 11.1 Å². The van der Waals surface area contributed by atoms with Crippen LogP contribution in [0, 0.1) is 22.7 Å². The first-order chi connectivity index (χ1) is 35.6. The molecule has 13 aromatic rings. The van der Waals surface area contributed by atoms with E-state index in [0.29, 0.717) is 28.6 Å². The molecule has 3 aromatic heterocycles. The van der Waals surface area contributed by atoms with Crippen molar-refractivity contribution in [1.82, 2.24) is 24.1 Å². The zero-order valence-corrected chi connectivity index (χ0v) is 38.6. The summed E-state index contributed by atoms with van der Waals surface area (Å²) in [6.07, 6.45) is 0. The van der Waals surface area contributed by atoms with Gasteiger partial charge in [0.15, 0.2) is 17.5 Å². The molecule has 0 aliphatic carbocycles. The average molecular weight is 918 g/mol. The first-order valence-corrected chi connectivity index (χ1v) is 23.8. The van der Waals surface area contributed by atoms with Gasteiger partial charge in [0.1, 0.15) is 0 Å². The molecule has 0 aliphatic rings. The van der Waals surface area contributed by atoms with Crippen molar-refractivity contribution in [2.45, 2.75) is 0 Å². The van der Waals surface area contributed by atoms with Gasteiger partial charge in [-0.1, -0.05) is 176 Å². The van der Waals surface area contributed by atoms with Crippen LogP contribution < -0.4 is 0 Å². The molecule has 0 aliphatic heterocycles. The molecule has 0 amide bonds. The van der Waals surface area contributed by atoms with Gasteiger partial charge in [0.2, 0.25) is 0 Å². The van der Waals surface area contributed by atoms with Gasteiger partial charge in [-0.25, -0.2) is 15.0 Å². The summed E-state index contributed by atoms with van der Waals surface area (Å²) in [5.74, 6) is 1.61. The maximum Gasteiger partial charge on any atom is 0.166 e. The van der Waals surface area contributed by atoms with Gasteiger partial charge >= 0.3 is 0 Å². The van der Waals surface area contributed by atoms with Crippen molar-refractivity contribution in [2.75, 3.05) is 0 Å². The van der Waals surface area contributed by atoms with Crippen molar-refractivity contribution in [2.24, 2.45) is 0 Å². The maximum atomic E-state index is 10.3. The first kappa shape index (κ1) is 41.9. The Morgan fingerprint density at radius 1 is 0.306 bits per heavy atom. The van der Waals surface area contributed by atoms with Crippen LogP contribution in [0.4, 0.5) is 0 Å². The number of para-hydroxylation sites is 2. The van der Waals surface area contributed by atoms with Gasteiger partial charge in [0, 0.05) is 43.9 Å². The molecule has 0 saturated heterocycles. The van der Waals surface area contributed by atoms with Gasteiger partial charge in [0.05, 0.1) is 51.0 Å². The lowest BCUT2D eigenvalue weighted by Gasteiger charge is -2.17. The Morgan fingerprint density at radius 2 is 0.778 bits per heavy atom. The predicted molar refractivity (Wildman–Crippen MR) is 291 cm³/mol. The van der Waals surface area contributed by atoms with Gasteiger partial charge in [-0.15, -0.1) is 0 Å². The van der Waals surface area contributed by atoms with Crippen molar-refractivity contribution >= 4 is 43.6 Å². The fourth-order valence-corrected chi connectivity index (χ4v) is 10.4. The number of fused-ring (bicyclic) bond motifs is 6. The van der Waals surface area contributed by atoms with Crippen molar-refractivity contribution in [1.29, 1.82) is 10.5 Å². The number of nitriles is 2. The Labute approximate surface area is 415 Å². The molecule has 3 heterocycles. The van der Waals surface area contributed by atoms with Gasteiger partial charge < -0.3 is 9.13 Å². The third-order valence-corrected chi connectivity index (χ3v) is 13.7. The normalized spacial score (nSPS) is 11.3. The third-order valence-electron chi connectivity index (χ3n) is 13.7. The van der Waals surface area contributed by atoms with E-state index in [1.165, 1.54) is 0 Å². The zero-order valence-electron chi connectivity index (χ0n) is 38.6. The fourth-order valence-electron chi connectivity index (χ4n) is 10.4. The summed E-state index contributed by atoms with van der Waals surface area (Å²) in [5, 5.41) is 24.9. The Balaban J connectivity index is 1.15. The maximum absolute atomic E-state index is 10.3. The summed E-state index contributed by atoms with van der Waals surface area (Å²) in [4.78, 5) is 15.9. The van der Waals surface area contributed by atoms with Crippen LogP contribution in [0.5, 0.6) is 0 Å². The van der Waals surface area contributed by atoms with E-state index in [1.807, 2.05) is 109 Å². The van der Waals surface area contributed by atoms with Gasteiger partial charge in [-0.3, -0.25) is 0 Å². The summed E-state index contributed by atoms with van der Waals surface area (Å²) in [6, 6.07) is 85.6. The Bertz CT molecular complexity index is 4180. The van der Waals surface area contributed by atoms with Crippen molar-refractivity contribution < 1.29 is 0 Å². The van der Waals surface area contributed by atoms with E-state index in [4.69, 9.17) is 15.0 Å². The quantitative estimate of drug-likeness (QED) is 0.151. The minimum atomic E-state index is 0.505. The molecule has 0 bridgehead atoms. The molecule has 72 heavy (non-hydrogen) atoms. The van der Waals surface area contributed by atoms with Crippen molar-refractivity contribution in [3.63, 3.8) is 0 Å². The van der Waals surface area contributed by atoms with Gasteiger partial charge in [0.25, 0.3) is 0 Å². The van der Waals surface area contributed by atoms with Gasteiger partial charge in [-0.05, 0) is 94.0 Å². The van der Waals surface area contributed by atoms with Crippen LogP contribution in [0.15, 0.2) is 237 Å². The summed E-state index contributed by atoms with van der Waals surface area (Å²) in [5.41, 5.74) is 15.3. The van der Waals surface area contributed by atoms with E-state index >= 15 is 0 Å². The Hall–Kier alpha value is -10.2. The number of aromatic nitrogens is 5. The van der Waals surface area contributed by atoms with E-state index in [1.54, 1.807) is 0 Å². The molecule has 0 spiro atoms. The van der Waals surface area contributed by atoms with Crippen molar-refractivity contribution in [3.8, 4) is 91.1 Å². The van der Waals surface area contributed by atoms with Crippen LogP contribution in [-0.2, 0) is 0 Å². The molecule has 13 rings (SSSR count). The minimum Gasteiger partial charge on any atom is -0.309 e. The van der Waals surface area contributed by atoms with E-state index in [-0.39, 0.29) is 0 Å². The number of rotatable bonds is 8. The fraction of sp³-hybridized carbons (Fsp3) is 0. The topological polar surface area (TPSA) is 96.1 Å². The third kappa shape index (κ3) is 7.00. The molecule has 0 radical (unpaired) electrons. The van der Waals surface area contributed by atoms with Crippen molar-refractivity contribution in [3.05, 3.63) is 248 Å². The average Bonchev–Trinajstić information content (AvgIpc) is 3.97. The molecule has 0 fully saturated rings. The molecular weight excluding hydrogens is 879 g/mol. The molecule has 0 saturated carbocycles. The highest BCUT2D eigenvalue weighted by Gasteiger charge is 2.24. The van der Waals surface area contributed by atoms with E-state index < -0.39 is 0 Å². The minimum absolute atomic E-state index is 0.505. The SMILES string of the molecule is N#Cc1ccccc1-c1ccc2c3ccc(-c4ccccc4C#N)cc3n(-c3ccc(-c4cccc5c4c4ccccc4n5-c4ccccc4)cc3-c3nc(-c4ccccc4)nc(-c4ccccc4)n3)c2c1. The van der Waals surface area contributed by atoms with Crippen LogP contribution in [-0.4, -0.2) is 24.1 Å². The lowest BCUT2D eigenvalue weighted by Crippen LogP contribution is -2.04. The second-order valence-electron chi connectivity index (χ2n) is 17.8. The van der Waals surface area contributed by atoms with E-state index in [2.05, 4.69) is 149 Å². The number of benzene rings is 10. The molecule has 7 heteroatoms. The monoisotopic (exact) mass is 917 g/mol. The molecule has 0 unspecified atom stereocenters. The molecule has 7 nitrogen and oxygen atoms in total. The lowest BCUT2D eigenvalue weighted by atomic mass is 9.96. The standard InChI is InChI=1S/C65H39N7/c66-40-47-21-10-12-25-50(47)45-31-34-53-54-35-32-46(51-26-13-11-22-48(51)41-67)39-61(54)72(60(53)38-45)58-36-33-44(52-28-16-30-59-62(52)55-27-14-15-29-57(55)71(59)49-23-8-3-9-24-49)37-56(58)65-69-63(42-17-4-1-5-18-42)68-64(70-65)43-19-6-2-7-20-43/h1-39H. The van der Waals surface area contributed by atoms with Crippen LogP contribution in [0.25, 0.3) is 123 Å². The molecule has 10 aromatic carbocycles. The summed E-state index contributed by atoms with van der Waals surface area (Å²) in [7, 11) is 0. The van der Waals surface area contributed by atoms with Crippen LogP contribution in [0.2, 0.25) is 0 Å². The smallest absolute Gasteiger partial charge is 0.166 e. The molecule has 0 atom stereocenters. The number of hydrogen-bond donors (Lipinski definition) is 0.